The molecule has 0 unspecified atom stereocenters. The first-order valence-electron chi connectivity index (χ1n) is 7.73. The van der Waals surface area contributed by atoms with E-state index in [2.05, 4.69) is 29.1 Å². The highest BCUT2D eigenvalue weighted by atomic mass is 79.9. The molecule has 0 atom stereocenters. The number of aromatic nitrogens is 1. The first kappa shape index (κ1) is 18.7. The largest absolute Gasteiger partial charge is 0.330 e. The molecule has 1 aromatic carbocycles. The van der Waals surface area contributed by atoms with Gasteiger partial charge in [0.05, 0.1) is 0 Å². The Balaban J connectivity index is 2.58. The van der Waals surface area contributed by atoms with Crippen molar-refractivity contribution in [2.24, 2.45) is 0 Å². The van der Waals surface area contributed by atoms with Gasteiger partial charge in [-0.3, -0.25) is 14.2 Å². The molecule has 0 saturated carbocycles. The molecule has 0 fully saturated rings. The second-order valence-electron chi connectivity index (χ2n) is 5.28. The summed E-state index contributed by atoms with van der Waals surface area (Å²) in [6.07, 6.45) is 6.58. The third kappa shape index (κ3) is 4.90. The highest BCUT2D eigenvalue weighted by Crippen LogP contribution is 2.17. The minimum Gasteiger partial charge on any atom is -0.330 e. The maximum atomic E-state index is 13.1. The second kappa shape index (κ2) is 8.99. The number of amides is 1. The number of carbonyl (C=O) groups is 1. The van der Waals surface area contributed by atoms with Crippen LogP contribution in [0.4, 0.5) is 0 Å². The molecule has 0 spiro atoms. The Labute approximate surface area is 155 Å². The van der Waals surface area contributed by atoms with Crippen LogP contribution in [0.15, 0.2) is 83.2 Å². The Morgan fingerprint density at radius 3 is 2.44 bits per heavy atom. The van der Waals surface area contributed by atoms with Crippen LogP contribution >= 0.6 is 15.9 Å². The van der Waals surface area contributed by atoms with Gasteiger partial charge in [0.1, 0.15) is 5.70 Å². The molecule has 0 radical (unpaired) electrons. The average molecular weight is 399 g/mol. The maximum Gasteiger partial charge on any atom is 0.271 e. The molecule has 128 valence electrons. The predicted molar refractivity (Wildman–Crippen MR) is 106 cm³/mol. The monoisotopic (exact) mass is 398 g/mol. The predicted octanol–water partition coefficient (Wildman–Crippen LogP) is 3.81. The van der Waals surface area contributed by atoms with Crippen molar-refractivity contribution in [3.63, 3.8) is 0 Å². The lowest BCUT2D eigenvalue weighted by molar-refractivity contribution is -0.124. The molecule has 5 heteroatoms. The fourth-order valence-electron chi connectivity index (χ4n) is 2.33. The van der Waals surface area contributed by atoms with Gasteiger partial charge in [0, 0.05) is 29.8 Å². The zero-order valence-corrected chi connectivity index (χ0v) is 15.4. The molecular weight excluding hydrogens is 380 g/mol. The van der Waals surface area contributed by atoms with Gasteiger partial charge in [-0.15, -0.1) is 13.2 Å². The number of hydrogen-bond acceptors (Lipinski definition) is 2. The number of benzene rings is 1. The normalized spacial score (nSPS) is 11.0. The Bertz CT molecular complexity index is 858. The fraction of sp³-hybridized carbons (Fsp3) is 0.100. The van der Waals surface area contributed by atoms with Gasteiger partial charge in [-0.25, -0.2) is 0 Å². The molecule has 2 rings (SSSR count). The van der Waals surface area contributed by atoms with Gasteiger partial charge in [-0.2, -0.15) is 0 Å². The smallest absolute Gasteiger partial charge is 0.271 e. The van der Waals surface area contributed by atoms with Crippen LogP contribution in [0.3, 0.4) is 0 Å². The van der Waals surface area contributed by atoms with E-state index in [1.165, 1.54) is 10.6 Å². The maximum absolute atomic E-state index is 13.1. The Hall–Kier alpha value is -2.66. The molecule has 0 bridgehead atoms. The summed E-state index contributed by atoms with van der Waals surface area (Å²) >= 11 is 3.42. The van der Waals surface area contributed by atoms with E-state index in [-0.39, 0.29) is 17.2 Å². The van der Waals surface area contributed by atoms with Crippen molar-refractivity contribution in [1.82, 2.24) is 9.47 Å². The highest BCUT2D eigenvalue weighted by Gasteiger charge is 2.19. The molecule has 25 heavy (non-hydrogen) atoms. The Morgan fingerprint density at radius 2 is 1.84 bits per heavy atom. The summed E-state index contributed by atoms with van der Waals surface area (Å²) < 4.78 is 2.24. The summed E-state index contributed by atoms with van der Waals surface area (Å²) in [5.74, 6) is -0.270. The van der Waals surface area contributed by atoms with Gasteiger partial charge in [-0.05, 0) is 29.8 Å². The number of carbonyl (C=O) groups excluding carboxylic acids is 1. The first-order chi connectivity index (χ1) is 12.1. The molecule has 2 aromatic rings. The third-order valence-corrected chi connectivity index (χ3v) is 3.93. The lowest BCUT2D eigenvalue weighted by Crippen LogP contribution is -2.35. The molecule has 1 aromatic heterocycles. The summed E-state index contributed by atoms with van der Waals surface area (Å²) in [6.45, 7) is 8.10. The summed E-state index contributed by atoms with van der Waals surface area (Å²) in [5.41, 5.74) is 0.812. The van der Waals surface area contributed by atoms with Crippen molar-refractivity contribution in [3.05, 3.63) is 94.4 Å². The van der Waals surface area contributed by atoms with Gasteiger partial charge >= 0.3 is 0 Å². The lowest BCUT2D eigenvalue weighted by atomic mass is 10.1. The summed E-state index contributed by atoms with van der Waals surface area (Å²) in [4.78, 5) is 26.9. The Kier molecular flexibility index (Phi) is 6.71. The molecule has 0 aliphatic heterocycles. The molecule has 1 heterocycles. The zero-order valence-electron chi connectivity index (χ0n) is 13.8. The third-order valence-electron chi connectivity index (χ3n) is 3.44. The quantitative estimate of drug-likeness (QED) is 0.525. The molecular formula is C20H19BrN2O2. The van der Waals surface area contributed by atoms with E-state index in [4.69, 9.17) is 0 Å². The van der Waals surface area contributed by atoms with E-state index >= 15 is 0 Å². The molecule has 0 aliphatic carbocycles. The van der Waals surface area contributed by atoms with E-state index in [0.29, 0.717) is 13.1 Å². The van der Waals surface area contributed by atoms with Crippen molar-refractivity contribution in [3.8, 4) is 0 Å². The van der Waals surface area contributed by atoms with E-state index in [9.17, 15) is 9.59 Å². The van der Waals surface area contributed by atoms with Gasteiger partial charge < -0.3 is 4.90 Å². The number of nitrogens with zero attached hydrogens (tertiary/aromatic N) is 2. The SMILES string of the molecule is C=CCN(CC=C)C(=O)C(=Cc1cccc(Br)c1)n1ccccc1=O. The summed E-state index contributed by atoms with van der Waals surface area (Å²) in [5, 5.41) is 0. The van der Waals surface area contributed by atoms with Crippen LogP contribution in [0.25, 0.3) is 11.8 Å². The van der Waals surface area contributed by atoms with Gasteiger partial charge in [0.25, 0.3) is 11.5 Å². The topological polar surface area (TPSA) is 42.3 Å². The number of rotatable bonds is 7. The van der Waals surface area contributed by atoms with Crippen molar-refractivity contribution in [2.75, 3.05) is 13.1 Å². The second-order valence-corrected chi connectivity index (χ2v) is 6.20. The van der Waals surface area contributed by atoms with E-state index in [1.54, 1.807) is 41.5 Å². The lowest BCUT2D eigenvalue weighted by Gasteiger charge is -2.22. The molecule has 0 aliphatic rings. The Morgan fingerprint density at radius 1 is 1.12 bits per heavy atom. The summed E-state index contributed by atoms with van der Waals surface area (Å²) in [7, 11) is 0. The van der Waals surface area contributed by atoms with Crippen LogP contribution in [0.2, 0.25) is 0 Å². The van der Waals surface area contributed by atoms with Crippen LogP contribution in [0.5, 0.6) is 0 Å². The van der Waals surface area contributed by atoms with Crippen molar-refractivity contribution < 1.29 is 4.79 Å². The fourth-order valence-corrected chi connectivity index (χ4v) is 2.75. The molecule has 4 nitrogen and oxygen atoms in total. The number of hydrogen-bond donors (Lipinski definition) is 0. The van der Waals surface area contributed by atoms with Crippen molar-refractivity contribution >= 4 is 33.6 Å². The van der Waals surface area contributed by atoms with Gasteiger partial charge in [0.2, 0.25) is 0 Å². The van der Waals surface area contributed by atoms with E-state index in [0.717, 1.165) is 10.0 Å². The van der Waals surface area contributed by atoms with E-state index < -0.39 is 0 Å². The zero-order chi connectivity index (χ0) is 18.2. The molecule has 0 saturated heterocycles. The molecule has 1 amide bonds. The summed E-state index contributed by atoms with van der Waals surface area (Å²) in [6, 6.07) is 12.3. The molecule has 0 N–H and O–H groups in total. The van der Waals surface area contributed by atoms with Crippen molar-refractivity contribution in [1.29, 1.82) is 0 Å². The average Bonchev–Trinajstić information content (AvgIpc) is 2.60. The van der Waals surface area contributed by atoms with Crippen LogP contribution in [-0.4, -0.2) is 28.5 Å². The number of pyridine rings is 1. The van der Waals surface area contributed by atoms with Crippen LogP contribution in [0.1, 0.15) is 5.56 Å². The number of halogens is 1. The van der Waals surface area contributed by atoms with Crippen LogP contribution in [-0.2, 0) is 4.79 Å². The first-order valence-corrected chi connectivity index (χ1v) is 8.52. The van der Waals surface area contributed by atoms with Crippen LogP contribution in [0, 0.1) is 0 Å². The van der Waals surface area contributed by atoms with Gasteiger partial charge in [-0.1, -0.05) is 46.3 Å². The minimum absolute atomic E-state index is 0.269. The standard InChI is InChI=1S/C20H19BrN2O2/c1-3-11-22(12-4-2)20(25)18(23-13-6-5-10-19(23)24)15-16-8-7-9-17(21)14-16/h3-10,13-15H,1-2,11-12H2. The van der Waals surface area contributed by atoms with E-state index in [1.807, 2.05) is 24.3 Å². The van der Waals surface area contributed by atoms with Crippen molar-refractivity contribution in [2.45, 2.75) is 0 Å². The highest BCUT2D eigenvalue weighted by molar-refractivity contribution is 9.10. The van der Waals surface area contributed by atoms with Crippen LogP contribution < -0.4 is 5.56 Å². The minimum atomic E-state index is -0.270. The van der Waals surface area contributed by atoms with Gasteiger partial charge in [0.15, 0.2) is 0 Å².